The molecule has 0 N–H and O–H groups in total. The molecule has 0 bridgehead atoms. The minimum Gasteiger partial charge on any atom is -0.522 e. The summed E-state index contributed by atoms with van der Waals surface area (Å²) in [6.07, 6.45) is 7.45. The second kappa shape index (κ2) is 22.2. The summed E-state index contributed by atoms with van der Waals surface area (Å²) in [5.41, 5.74) is 19.2. The topological polar surface area (TPSA) is 72.5 Å². The molecule has 8 heteroatoms. The molecule has 10 aromatic carbocycles. The first-order chi connectivity index (χ1) is 40.7. The van der Waals surface area contributed by atoms with Crippen molar-refractivity contribution in [2.75, 3.05) is 0 Å². The Morgan fingerprint density at radius 1 is 0.464 bits per heavy atom. The van der Waals surface area contributed by atoms with Crippen LogP contribution in [0.3, 0.4) is 0 Å². The van der Waals surface area contributed by atoms with Crippen LogP contribution >= 0.6 is 0 Å². The van der Waals surface area contributed by atoms with Gasteiger partial charge in [0.15, 0.2) is 0 Å². The van der Waals surface area contributed by atoms with Crippen molar-refractivity contribution in [3.05, 3.63) is 291 Å². The molecule has 0 fully saturated rings. The van der Waals surface area contributed by atoms with Crippen LogP contribution in [0.15, 0.2) is 261 Å². The summed E-state index contributed by atoms with van der Waals surface area (Å²) in [4.78, 5) is 9.83. The first-order valence-electron chi connectivity index (χ1n) is 27.8. The molecule has 0 aliphatic carbocycles. The molecule has 0 saturated heterocycles. The molecule has 404 valence electrons. The van der Waals surface area contributed by atoms with Gasteiger partial charge >= 0.3 is 0 Å². The number of para-hydroxylation sites is 3. The summed E-state index contributed by atoms with van der Waals surface area (Å²) in [7, 11) is 0. The number of hydrogen-bond donors (Lipinski definition) is 0. The summed E-state index contributed by atoms with van der Waals surface area (Å²) in [6, 6.07) is 96.4. The molecule has 0 radical (unpaired) electrons. The Bertz CT molecular complexity index is 4550. The maximum Gasteiger partial charge on any atom is 0.269 e. The molecule has 0 spiro atoms. The van der Waals surface area contributed by atoms with Crippen LogP contribution < -0.4 is 9.30 Å². The molecule has 0 atom stereocenters. The molecule has 84 heavy (non-hydrogen) atoms. The maximum atomic E-state index is 9.94. The van der Waals surface area contributed by atoms with Gasteiger partial charge in [0.1, 0.15) is 5.82 Å². The molecular formula is C76H52N6OPt-2. The van der Waals surface area contributed by atoms with Gasteiger partial charge in [0.05, 0.1) is 34.2 Å². The summed E-state index contributed by atoms with van der Waals surface area (Å²) in [5.74, 6) is 2.18. The standard InChI is InChI=1S/C76H52N6O.Pt/c1-76(2,3)62-35-37-79-74(46-62)82-69-34-31-51(49-77)39-68(69)67-33-32-63(47-72(67)82)83-64-36-38-78-73(48-64)80-50-81(71-30-17-16-29-70(71)80)75-65(60-42-56(52-19-8-4-9-20-52)40-57(43-60)53-21-10-5-11-22-53)27-18-28-66(75)61-44-58(54-23-12-6-13-24-54)41-59(45-61)55-25-14-7-15-26-55;/h4-46H,1-3H3;/q-2;. The average molecular weight is 1260 g/mol. The number of nitrogens with zero attached hydrogens (tertiary/aromatic N) is 6. The van der Waals surface area contributed by atoms with Crippen molar-refractivity contribution < 1.29 is 30.4 Å². The normalized spacial score (nSPS) is 11.4. The summed E-state index contributed by atoms with van der Waals surface area (Å²) in [6.45, 7) is 6.58. The van der Waals surface area contributed by atoms with E-state index in [0.717, 1.165) is 117 Å². The average Bonchev–Trinajstić information content (AvgIpc) is 2.56. The largest absolute Gasteiger partial charge is 0.522 e. The van der Waals surface area contributed by atoms with Crippen LogP contribution in [0.1, 0.15) is 31.9 Å². The molecule has 14 rings (SSSR count). The summed E-state index contributed by atoms with van der Waals surface area (Å²) in [5, 5.41) is 11.8. The Morgan fingerprint density at radius 3 is 1.55 bits per heavy atom. The fraction of sp³-hybridized carbons (Fsp3) is 0.0526. The van der Waals surface area contributed by atoms with Gasteiger partial charge in [-0.2, -0.15) is 23.5 Å². The van der Waals surface area contributed by atoms with E-state index < -0.39 is 0 Å². The van der Waals surface area contributed by atoms with E-state index in [0.29, 0.717) is 22.9 Å². The predicted octanol–water partition coefficient (Wildman–Crippen LogP) is 18.2. The molecule has 0 unspecified atom stereocenters. The number of hydrogen-bond acceptors (Lipinski definition) is 4. The maximum absolute atomic E-state index is 9.94. The number of aromatic nitrogens is 5. The van der Waals surface area contributed by atoms with Gasteiger partial charge < -0.3 is 9.30 Å². The van der Waals surface area contributed by atoms with Gasteiger partial charge in [-0.3, -0.25) is 14.1 Å². The number of ether oxygens (including phenoxy) is 1. The third kappa shape index (κ3) is 10.1. The van der Waals surface area contributed by atoms with Gasteiger partial charge in [0.2, 0.25) is 0 Å². The Kier molecular flexibility index (Phi) is 14.1. The van der Waals surface area contributed by atoms with E-state index in [4.69, 9.17) is 14.7 Å². The Balaban J connectivity index is 0.00000658. The van der Waals surface area contributed by atoms with Crippen molar-refractivity contribution in [3.8, 4) is 102 Å². The van der Waals surface area contributed by atoms with Gasteiger partial charge in [-0.25, -0.2) is 4.98 Å². The zero-order valence-corrected chi connectivity index (χ0v) is 48.5. The van der Waals surface area contributed by atoms with Crippen LogP contribution in [0, 0.1) is 29.8 Å². The smallest absolute Gasteiger partial charge is 0.269 e. The minimum absolute atomic E-state index is 0. The van der Waals surface area contributed by atoms with Gasteiger partial charge in [-0.15, -0.1) is 17.5 Å². The van der Waals surface area contributed by atoms with Crippen molar-refractivity contribution in [1.82, 2.24) is 19.1 Å². The number of nitriles is 1. The molecule has 0 aliphatic rings. The monoisotopic (exact) mass is 1260 g/mol. The molecule has 0 saturated carbocycles. The third-order valence-corrected chi connectivity index (χ3v) is 15.4. The first kappa shape index (κ1) is 53.1. The van der Waals surface area contributed by atoms with E-state index >= 15 is 0 Å². The zero-order chi connectivity index (χ0) is 56.0. The number of pyridine rings is 2. The minimum atomic E-state index is -0.104. The van der Waals surface area contributed by atoms with Crippen LogP contribution in [-0.2, 0) is 26.5 Å². The van der Waals surface area contributed by atoms with Crippen molar-refractivity contribution in [2.24, 2.45) is 0 Å². The van der Waals surface area contributed by atoms with Gasteiger partial charge in [0.25, 0.3) is 6.33 Å². The number of rotatable bonds is 11. The van der Waals surface area contributed by atoms with Gasteiger partial charge in [-0.1, -0.05) is 196 Å². The van der Waals surface area contributed by atoms with E-state index in [-0.39, 0.29) is 26.5 Å². The van der Waals surface area contributed by atoms with Crippen molar-refractivity contribution in [1.29, 1.82) is 5.26 Å². The first-order valence-corrected chi connectivity index (χ1v) is 27.8. The van der Waals surface area contributed by atoms with E-state index in [1.165, 1.54) is 0 Å². The molecule has 0 amide bonds. The van der Waals surface area contributed by atoms with E-state index in [1.54, 1.807) is 6.20 Å². The summed E-state index contributed by atoms with van der Waals surface area (Å²) < 4.78 is 13.0. The number of fused-ring (bicyclic) bond motifs is 4. The van der Waals surface area contributed by atoms with Crippen molar-refractivity contribution >= 4 is 32.8 Å². The van der Waals surface area contributed by atoms with Crippen LogP contribution in [0.4, 0.5) is 0 Å². The van der Waals surface area contributed by atoms with Crippen LogP contribution in [0.5, 0.6) is 11.5 Å². The quantitative estimate of drug-likeness (QED) is 0.0955. The Morgan fingerprint density at radius 2 is 0.988 bits per heavy atom. The fourth-order valence-electron chi connectivity index (χ4n) is 11.3. The number of imidazole rings is 1. The van der Waals surface area contributed by atoms with Crippen molar-refractivity contribution in [3.63, 3.8) is 0 Å². The van der Waals surface area contributed by atoms with Gasteiger partial charge in [-0.05, 0) is 156 Å². The van der Waals surface area contributed by atoms with Crippen LogP contribution in [-0.4, -0.2) is 19.1 Å². The third-order valence-electron chi connectivity index (χ3n) is 15.4. The molecular weight excluding hydrogens is 1210 g/mol. The second-order valence-corrected chi connectivity index (χ2v) is 21.8. The van der Waals surface area contributed by atoms with E-state index in [9.17, 15) is 5.26 Å². The van der Waals surface area contributed by atoms with E-state index in [1.807, 2.05) is 53.2 Å². The predicted molar refractivity (Wildman–Crippen MR) is 334 cm³/mol. The molecule has 14 aromatic rings. The van der Waals surface area contributed by atoms with Crippen LogP contribution in [0.25, 0.3) is 117 Å². The van der Waals surface area contributed by atoms with Crippen molar-refractivity contribution in [2.45, 2.75) is 26.2 Å². The second-order valence-electron chi connectivity index (χ2n) is 21.8. The number of benzene rings is 10. The fourth-order valence-corrected chi connectivity index (χ4v) is 11.3. The molecule has 4 aromatic heterocycles. The Labute approximate surface area is 502 Å². The molecule has 0 aliphatic heterocycles. The Hall–Kier alpha value is -10.3. The zero-order valence-electron chi connectivity index (χ0n) is 46.2. The molecule has 4 heterocycles. The van der Waals surface area contributed by atoms with Crippen LogP contribution in [0.2, 0.25) is 0 Å². The van der Waals surface area contributed by atoms with Gasteiger partial charge in [0, 0.05) is 38.5 Å². The molecule has 7 nitrogen and oxygen atoms in total. The summed E-state index contributed by atoms with van der Waals surface area (Å²) >= 11 is 0. The van der Waals surface area contributed by atoms with E-state index in [2.05, 4.69) is 261 Å². The SMILES string of the molecule is CC(C)(C)c1ccnc(-n2c3[c-]c(Oc4[c-]c(-n5[c-][n+](-c6c(-c7cc(-c8ccccc8)cc(-c8ccccc8)c7)cccc6-c6cc(-c7ccccc7)cc(-c7ccccc7)c6)c6ccccc65)ncc4)ccc3c3cc(C#N)ccc32)c1.[Pt].